The molecule has 0 N–H and O–H groups in total. The van der Waals surface area contributed by atoms with Gasteiger partial charge in [0.15, 0.2) is 5.58 Å². The summed E-state index contributed by atoms with van der Waals surface area (Å²) in [6.07, 6.45) is 6.11. The average molecular weight is 532 g/mol. The number of carbonyl (C=O) groups excluding carboxylic acids is 1. The number of fused-ring (bicyclic) bond motifs is 3. The molecule has 0 spiro atoms. The number of piperidine rings is 1. The molecule has 0 unspecified atom stereocenters. The molecule has 5 nitrogen and oxygen atoms in total. The van der Waals surface area contributed by atoms with Crippen molar-refractivity contribution in [2.24, 2.45) is 0 Å². The van der Waals surface area contributed by atoms with Crippen molar-refractivity contribution in [3.05, 3.63) is 88.3 Å². The Hall–Kier alpha value is -3.22. The third kappa shape index (κ3) is 5.07. The summed E-state index contributed by atoms with van der Waals surface area (Å²) in [6, 6.07) is 18.7. The predicted molar refractivity (Wildman–Crippen MR) is 149 cm³/mol. The van der Waals surface area contributed by atoms with E-state index in [4.69, 9.17) is 16.1 Å². The number of unbranched alkanes of at least 4 members (excludes halogenated alkanes) is 1. The highest BCUT2D eigenvalue weighted by molar-refractivity contribution is 6.31. The number of aromatic nitrogens is 1. The molecule has 1 saturated heterocycles. The summed E-state index contributed by atoms with van der Waals surface area (Å²) in [7, 11) is 0. The van der Waals surface area contributed by atoms with E-state index in [1.54, 1.807) is 6.07 Å². The third-order valence-electron chi connectivity index (χ3n) is 7.99. The summed E-state index contributed by atoms with van der Waals surface area (Å²) < 4.78 is 18.9. The second kappa shape index (κ2) is 10.9. The molecular weight excluding hydrogens is 501 g/mol. The van der Waals surface area contributed by atoms with E-state index in [-0.39, 0.29) is 11.7 Å². The van der Waals surface area contributed by atoms with Gasteiger partial charge in [0.25, 0.3) is 0 Å². The molecular formula is C31H31ClFN3O2. The molecule has 0 radical (unpaired) electrons. The van der Waals surface area contributed by atoms with Crippen LogP contribution < -0.4 is 4.90 Å². The van der Waals surface area contributed by atoms with E-state index < -0.39 is 0 Å². The number of anilines is 2. The number of hydrogen-bond donors (Lipinski definition) is 0. The van der Waals surface area contributed by atoms with Crippen molar-refractivity contribution in [2.75, 3.05) is 24.5 Å². The van der Waals surface area contributed by atoms with Crippen LogP contribution in [0.3, 0.4) is 0 Å². The van der Waals surface area contributed by atoms with Crippen LogP contribution in [0.15, 0.2) is 65.2 Å². The van der Waals surface area contributed by atoms with Crippen LogP contribution in [0, 0.1) is 5.82 Å². The lowest BCUT2D eigenvalue weighted by molar-refractivity contribution is -0.118. The predicted octanol–water partition coefficient (Wildman–Crippen LogP) is 7.43. The number of benzene rings is 3. The molecule has 196 valence electrons. The zero-order valence-corrected chi connectivity index (χ0v) is 22.1. The van der Waals surface area contributed by atoms with Crippen molar-refractivity contribution in [3.63, 3.8) is 0 Å². The van der Waals surface area contributed by atoms with E-state index >= 15 is 0 Å². The Bertz CT molecular complexity index is 1460. The van der Waals surface area contributed by atoms with Gasteiger partial charge in [-0.2, -0.15) is 0 Å². The molecule has 3 aromatic carbocycles. The van der Waals surface area contributed by atoms with Crippen LogP contribution in [0.5, 0.6) is 0 Å². The molecule has 2 aliphatic rings. The van der Waals surface area contributed by atoms with E-state index in [9.17, 15) is 9.18 Å². The standard InChI is InChI=1S/C31H31ClFN3O2/c32-24-11-10-22-9-8-21-5-1-2-6-27(21)36(28(22)19-24)30(37)7-3-4-16-35-17-14-23(15-18-35)31-26-13-12-25(33)20-29(26)38-34-31/h1-2,5-6,10-13,19-20,23H,3-4,7-9,14-18H2. The van der Waals surface area contributed by atoms with Crippen molar-refractivity contribution in [1.82, 2.24) is 10.1 Å². The fourth-order valence-corrected chi connectivity index (χ4v) is 6.11. The first-order valence-electron chi connectivity index (χ1n) is 13.5. The quantitative estimate of drug-likeness (QED) is 0.243. The number of rotatable bonds is 6. The summed E-state index contributed by atoms with van der Waals surface area (Å²) >= 11 is 6.35. The Labute approximate surface area is 227 Å². The second-order valence-electron chi connectivity index (χ2n) is 10.4. The van der Waals surface area contributed by atoms with E-state index in [0.717, 1.165) is 86.2 Å². The molecule has 38 heavy (non-hydrogen) atoms. The Morgan fingerprint density at radius 2 is 1.76 bits per heavy atom. The molecule has 1 aromatic heterocycles. The molecule has 4 aromatic rings. The highest BCUT2D eigenvalue weighted by Crippen LogP contribution is 2.38. The fourth-order valence-electron chi connectivity index (χ4n) is 5.94. The van der Waals surface area contributed by atoms with Gasteiger partial charge in [-0.3, -0.25) is 9.69 Å². The van der Waals surface area contributed by atoms with Gasteiger partial charge in [-0.05, 0) is 99.6 Å². The van der Waals surface area contributed by atoms with Gasteiger partial charge in [0.2, 0.25) is 5.91 Å². The van der Waals surface area contributed by atoms with Crippen molar-refractivity contribution in [1.29, 1.82) is 0 Å². The lowest BCUT2D eigenvalue weighted by Gasteiger charge is -2.31. The van der Waals surface area contributed by atoms with Crippen LogP contribution in [0.25, 0.3) is 11.0 Å². The summed E-state index contributed by atoms with van der Waals surface area (Å²) in [5.74, 6) is 0.145. The van der Waals surface area contributed by atoms with Crippen LogP contribution >= 0.6 is 11.6 Å². The topological polar surface area (TPSA) is 49.6 Å². The summed E-state index contributed by atoms with van der Waals surface area (Å²) in [6.45, 7) is 2.95. The zero-order chi connectivity index (χ0) is 26.1. The minimum absolute atomic E-state index is 0.121. The number of halogens is 2. The Balaban J connectivity index is 1.04. The van der Waals surface area contributed by atoms with Crippen molar-refractivity contribution in [3.8, 4) is 0 Å². The van der Waals surface area contributed by atoms with Gasteiger partial charge < -0.3 is 9.42 Å². The molecule has 6 rings (SSSR count). The first kappa shape index (κ1) is 25.1. The number of amides is 1. The van der Waals surface area contributed by atoms with Crippen LogP contribution in [0.4, 0.5) is 15.8 Å². The van der Waals surface area contributed by atoms with E-state index in [1.807, 2.05) is 41.3 Å². The SMILES string of the molecule is O=C(CCCCN1CCC(c2noc3cc(F)ccc23)CC1)N1c2ccccc2CCc2ccc(Cl)cc21. The maximum absolute atomic E-state index is 13.6. The maximum Gasteiger partial charge on any atom is 0.231 e. The minimum Gasteiger partial charge on any atom is -0.356 e. The molecule has 3 heterocycles. The second-order valence-corrected chi connectivity index (χ2v) is 10.8. The summed E-state index contributed by atoms with van der Waals surface area (Å²) in [5.41, 5.74) is 5.71. The zero-order valence-electron chi connectivity index (χ0n) is 21.3. The van der Waals surface area contributed by atoms with Gasteiger partial charge >= 0.3 is 0 Å². The Morgan fingerprint density at radius 3 is 2.61 bits per heavy atom. The molecule has 2 aliphatic heterocycles. The van der Waals surface area contributed by atoms with Crippen molar-refractivity contribution < 1.29 is 13.7 Å². The normalized spacial score (nSPS) is 16.3. The van der Waals surface area contributed by atoms with Gasteiger partial charge in [-0.1, -0.05) is 41.0 Å². The van der Waals surface area contributed by atoms with E-state index in [0.29, 0.717) is 22.9 Å². The molecule has 0 saturated carbocycles. The molecule has 7 heteroatoms. The molecule has 1 amide bonds. The lowest BCUT2D eigenvalue weighted by Crippen LogP contribution is -2.34. The average Bonchev–Trinajstić information content (AvgIpc) is 3.27. The highest BCUT2D eigenvalue weighted by atomic mass is 35.5. The number of nitrogens with zero attached hydrogens (tertiary/aromatic N) is 3. The summed E-state index contributed by atoms with van der Waals surface area (Å²) in [4.78, 5) is 17.9. The number of aryl methyl sites for hydroxylation is 2. The largest absolute Gasteiger partial charge is 0.356 e. The molecule has 0 bridgehead atoms. The smallest absolute Gasteiger partial charge is 0.231 e. The highest BCUT2D eigenvalue weighted by Gasteiger charge is 2.27. The minimum atomic E-state index is -0.304. The van der Waals surface area contributed by atoms with Gasteiger partial charge in [0.1, 0.15) is 5.82 Å². The van der Waals surface area contributed by atoms with Gasteiger partial charge in [-0.25, -0.2) is 4.39 Å². The number of carbonyl (C=O) groups is 1. The van der Waals surface area contributed by atoms with Crippen molar-refractivity contribution >= 4 is 39.9 Å². The molecule has 0 atom stereocenters. The lowest BCUT2D eigenvalue weighted by atomic mass is 9.91. The third-order valence-corrected chi connectivity index (χ3v) is 8.22. The first-order valence-corrected chi connectivity index (χ1v) is 13.9. The first-order chi connectivity index (χ1) is 18.6. The van der Waals surface area contributed by atoms with Gasteiger partial charge in [0, 0.05) is 28.8 Å². The number of likely N-dealkylation sites (tertiary alicyclic amines) is 1. The van der Waals surface area contributed by atoms with Crippen LogP contribution in [0.1, 0.15) is 54.8 Å². The van der Waals surface area contributed by atoms with E-state index in [2.05, 4.69) is 16.1 Å². The van der Waals surface area contributed by atoms with Gasteiger partial charge in [0.05, 0.1) is 17.1 Å². The van der Waals surface area contributed by atoms with E-state index in [1.165, 1.54) is 17.7 Å². The van der Waals surface area contributed by atoms with Crippen molar-refractivity contribution in [2.45, 2.75) is 50.9 Å². The van der Waals surface area contributed by atoms with Crippen LogP contribution in [-0.2, 0) is 17.6 Å². The monoisotopic (exact) mass is 531 g/mol. The Morgan fingerprint density at radius 1 is 0.974 bits per heavy atom. The fraction of sp³-hybridized carbons (Fsp3) is 0.355. The Kier molecular flexibility index (Phi) is 7.18. The number of hydrogen-bond acceptors (Lipinski definition) is 4. The number of para-hydroxylation sites is 1. The van der Waals surface area contributed by atoms with Crippen LogP contribution in [0.2, 0.25) is 5.02 Å². The summed E-state index contributed by atoms with van der Waals surface area (Å²) in [5, 5.41) is 5.82. The van der Waals surface area contributed by atoms with Gasteiger partial charge in [-0.15, -0.1) is 0 Å². The maximum atomic E-state index is 13.6. The van der Waals surface area contributed by atoms with Crippen LogP contribution in [-0.4, -0.2) is 35.6 Å². The molecule has 0 aliphatic carbocycles. The molecule has 1 fully saturated rings.